The van der Waals surface area contributed by atoms with Crippen LogP contribution in [0.3, 0.4) is 0 Å². The van der Waals surface area contributed by atoms with E-state index >= 15 is 0 Å². The van der Waals surface area contributed by atoms with E-state index in [1.807, 2.05) is 24.3 Å². The predicted molar refractivity (Wildman–Crippen MR) is 64.3 cm³/mol. The van der Waals surface area contributed by atoms with Gasteiger partial charge in [0.2, 0.25) is 0 Å². The lowest BCUT2D eigenvalue weighted by Crippen LogP contribution is -2.11. The van der Waals surface area contributed by atoms with Crippen molar-refractivity contribution < 1.29 is 0 Å². The van der Waals surface area contributed by atoms with Crippen molar-refractivity contribution in [1.29, 1.82) is 0 Å². The van der Waals surface area contributed by atoms with Gasteiger partial charge in [0.1, 0.15) is 0 Å². The van der Waals surface area contributed by atoms with Crippen molar-refractivity contribution in [2.45, 2.75) is 0 Å². The summed E-state index contributed by atoms with van der Waals surface area (Å²) in [6.45, 7) is 0. The fourth-order valence-corrected chi connectivity index (χ4v) is 1.82. The van der Waals surface area contributed by atoms with Gasteiger partial charge in [-0.2, -0.15) is 0 Å². The van der Waals surface area contributed by atoms with Crippen LogP contribution in [0.4, 0.5) is 5.69 Å². The second-order valence-corrected chi connectivity index (χ2v) is 3.66. The molecule has 0 unspecified atom stereocenters. The number of H-pyrrole nitrogens is 1. The van der Waals surface area contributed by atoms with Gasteiger partial charge in [0, 0.05) is 17.0 Å². The molecular weight excluding hydrogens is 202 g/mol. The first-order valence-corrected chi connectivity index (χ1v) is 4.92. The highest BCUT2D eigenvalue weighted by molar-refractivity contribution is 6.03. The largest absolute Gasteiger partial charge is 0.394 e. The molecule has 0 aliphatic rings. The van der Waals surface area contributed by atoms with E-state index in [1.54, 1.807) is 12.3 Å². The number of nitrogens with two attached hydrogens (primary N) is 1. The molecule has 0 saturated heterocycles. The van der Waals surface area contributed by atoms with Gasteiger partial charge in [-0.05, 0) is 6.07 Å². The standard InChI is InChI=1S/C12H9N3O/c13-9-5-10-11(15-12(9)16)8-4-2-1-3-7(8)6-14-10/h1-6H,13H2,(H,15,16). The molecule has 1 aromatic carbocycles. The number of nitrogens with zero attached hydrogens (tertiary/aromatic N) is 1. The van der Waals surface area contributed by atoms with Crippen LogP contribution in [0.5, 0.6) is 0 Å². The van der Waals surface area contributed by atoms with Gasteiger partial charge in [-0.25, -0.2) is 0 Å². The van der Waals surface area contributed by atoms with E-state index < -0.39 is 0 Å². The minimum atomic E-state index is -0.273. The minimum absolute atomic E-state index is 0.190. The monoisotopic (exact) mass is 211 g/mol. The molecule has 0 radical (unpaired) electrons. The molecule has 3 N–H and O–H groups in total. The molecule has 0 aliphatic heterocycles. The summed E-state index contributed by atoms with van der Waals surface area (Å²) in [5.74, 6) is 0. The number of aromatic nitrogens is 2. The average Bonchev–Trinajstić information content (AvgIpc) is 2.31. The summed E-state index contributed by atoms with van der Waals surface area (Å²) in [6.07, 6.45) is 1.77. The van der Waals surface area contributed by atoms with Crippen molar-refractivity contribution >= 4 is 27.5 Å². The van der Waals surface area contributed by atoms with Gasteiger partial charge in [-0.3, -0.25) is 9.78 Å². The molecule has 2 heterocycles. The number of fused-ring (bicyclic) bond motifs is 3. The van der Waals surface area contributed by atoms with Crippen LogP contribution in [0.1, 0.15) is 0 Å². The van der Waals surface area contributed by atoms with Crippen LogP contribution in [0.25, 0.3) is 21.8 Å². The van der Waals surface area contributed by atoms with Crippen LogP contribution < -0.4 is 11.3 Å². The summed E-state index contributed by atoms with van der Waals surface area (Å²) < 4.78 is 0. The lowest BCUT2D eigenvalue weighted by molar-refractivity contribution is 1.29. The number of benzene rings is 1. The Kier molecular flexibility index (Phi) is 1.71. The van der Waals surface area contributed by atoms with E-state index in [0.29, 0.717) is 5.52 Å². The maximum atomic E-state index is 11.5. The van der Waals surface area contributed by atoms with Gasteiger partial charge < -0.3 is 10.7 Å². The van der Waals surface area contributed by atoms with Crippen molar-refractivity contribution in [2.24, 2.45) is 0 Å². The Morgan fingerprint density at radius 1 is 1.25 bits per heavy atom. The van der Waals surface area contributed by atoms with E-state index in [9.17, 15) is 4.79 Å². The van der Waals surface area contributed by atoms with Gasteiger partial charge in [0.25, 0.3) is 5.56 Å². The third-order valence-corrected chi connectivity index (χ3v) is 2.62. The zero-order chi connectivity index (χ0) is 11.1. The third kappa shape index (κ3) is 1.16. The zero-order valence-corrected chi connectivity index (χ0v) is 8.40. The molecule has 16 heavy (non-hydrogen) atoms. The minimum Gasteiger partial charge on any atom is -0.394 e. The molecule has 0 aliphatic carbocycles. The molecule has 0 fully saturated rings. The Morgan fingerprint density at radius 3 is 2.94 bits per heavy atom. The summed E-state index contributed by atoms with van der Waals surface area (Å²) >= 11 is 0. The third-order valence-electron chi connectivity index (χ3n) is 2.62. The highest BCUT2D eigenvalue weighted by Gasteiger charge is 2.04. The van der Waals surface area contributed by atoms with E-state index in [1.165, 1.54) is 0 Å². The van der Waals surface area contributed by atoms with Crippen molar-refractivity contribution in [3.63, 3.8) is 0 Å². The molecule has 0 amide bonds. The Balaban J connectivity index is 2.60. The first kappa shape index (κ1) is 8.91. The molecule has 4 nitrogen and oxygen atoms in total. The first-order chi connectivity index (χ1) is 7.75. The Labute approximate surface area is 90.7 Å². The van der Waals surface area contributed by atoms with Crippen molar-refractivity contribution in [1.82, 2.24) is 9.97 Å². The van der Waals surface area contributed by atoms with E-state index in [4.69, 9.17) is 5.73 Å². The number of aromatic amines is 1. The fourth-order valence-electron chi connectivity index (χ4n) is 1.82. The summed E-state index contributed by atoms with van der Waals surface area (Å²) in [5.41, 5.74) is 6.90. The zero-order valence-electron chi connectivity index (χ0n) is 8.40. The maximum absolute atomic E-state index is 11.5. The molecule has 0 bridgehead atoms. The molecule has 4 heteroatoms. The van der Waals surface area contributed by atoms with E-state index in [-0.39, 0.29) is 11.2 Å². The van der Waals surface area contributed by atoms with Crippen LogP contribution >= 0.6 is 0 Å². The van der Waals surface area contributed by atoms with Crippen molar-refractivity contribution in [2.75, 3.05) is 5.73 Å². The number of rotatable bonds is 0. The molecule has 0 atom stereocenters. The number of pyridine rings is 2. The predicted octanol–water partition coefficient (Wildman–Crippen LogP) is 1.66. The topological polar surface area (TPSA) is 71.8 Å². The number of hydrogen-bond acceptors (Lipinski definition) is 3. The number of nitrogens with one attached hydrogen (secondary N) is 1. The Hall–Kier alpha value is -2.36. The molecule has 3 aromatic rings. The van der Waals surface area contributed by atoms with Gasteiger partial charge in [0.05, 0.1) is 16.7 Å². The van der Waals surface area contributed by atoms with Crippen LogP contribution in [-0.4, -0.2) is 9.97 Å². The van der Waals surface area contributed by atoms with Crippen LogP contribution in [0.15, 0.2) is 41.3 Å². The van der Waals surface area contributed by atoms with Crippen LogP contribution in [0, 0.1) is 0 Å². The van der Waals surface area contributed by atoms with Crippen molar-refractivity contribution in [3.05, 3.63) is 46.9 Å². The van der Waals surface area contributed by atoms with E-state index in [2.05, 4.69) is 9.97 Å². The Morgan fingerprint density at radius 2 is 2.06 bits per heavy atom. The molecule has 0 saturated carbocycles. The number of anilines is 1. The lowest BCUT2D eigenvalue weighted by atomic mass is 10.1. The van der Waals surface area contributed by atoms with Crippen molar-refractivity contribution in [3.8, 4) is 0 Å². The summed E-state index contributed by atoms with van der Waals surface area (Å²) in [5, 5.41) is 1.97. The highest BCUT2D eigenvalue weighted by Crippen LogP contribution is 2.20. The van der Waals surface area contributed by atoms with Gasteiger partial charge >= 0.3 is 0 Å². The summed E-state index contributed by atoms with van der Waals surface area (Å²) in [6, 6.07) is 9.37. The molecule has 2 aromatic heterocycles. The second kappa shape index (κ2) is 3.06. The first-order valence-electron chi connectivity index (χ1n) is 4.92. The van der Waals surface area contributed by atoms with E-state index in [0.717, 1.165) is 16.3 Å². The van der Waals surface area contributed by atoms with Gasteiger partial charge in [-0.1, -0.05) is 24.3 Å². The maximum Gasteiger partial charge on any atom is 0.271 e. The Bertz CT molecular complexity index is 746. The quantitative estimate of drug-likeness (QED) is 0.555. The molecular formula is C12H9N3O. The highest BCUT2D eigenvalue weighted by atomic mass is 16.1. The number of hydrogen-bond donors (Lipinski definition) is 2. The SMILES string of the molecule is Nc1cc2ncc3ccccc3c2[nH]c1=O. The normalized spacial score (nSPS) is 11.0. The summed E-state index contributed by atoms with van der Waals surface area (Å²) in [4.78, 5) is 18.5. The van der Waals surface area contributed by atoms with Crippen LogP contribution in [0.2, 0.25) is 0 Å². The van der Waals surface area contributed by atoms with Crippen LogP contribution in [-0.2, 0) is 0 Å². The molecule has 78 valence electrons. The summed E-state index contributed by atoms with van der Waals surface area (Å²) in [7, 11) is 0. The lowest BCUT2D eigenvalue weighted by Gasteiger charge is -2.03. The van der Waals surface area contributed by atoms with Gasteiger partial charge in [-0.15, -0.1) is 0 Å². The molecule has 3 rings (SSSR count). The second-order valence-electron chi connectivity index (χ2n) is 3.66. The van der Waals surface area contributed by atoms with Gasteiger partial charge in [0.15, 0.2) is 0 Å². The number of nitrogen functional groups attached to an aromatic ring is 1. The smallest absolute Gasteiger partial charge is 0.271 e. The fraction of sp³-hybridized carbons (Fsp3) is 0. The average molecular weight is 211 g/mol. The molecule has 0 spiro atoms.